The molecular weight excluding hydrogens is 288 g/mol. The monoisotopic (exact) mass is 312 g/mol. The molecular formula is C19H24N2O2. The van der Waals surface area contributed by atoms with Crippen LogP contribution in [-0.2, 0) is 6.42 Å². The lowest BCUT2D eigenvalue weighted by Crippen LogP contribution is -2.36. The number of hydrogen-bond donors (Lipinski definition) is 3. The number of nitrogens with one attached hydrogen (secondary N) is 2. The molecule has 0 heterocycles. The fraction of sp³-hybridized carbons (Fsp3) is 0.316. The van der Waals surface area contributed by atoms with Gasteiger partial charge in [0.1, 0.15) is 5.75 Å². The summed E-state index contributed by atoms with van der Waals surface area (Å²) in [5.74, 6) is 0.271. The molecule has 0 radical (unpaired) electrons. The molecule has 3 N–H and O–H groups in total. The fourth-order valence-electron chi connectivity index (χ4n) is 2.56. The van der Waals surface area contributed by atoms with E-state index < -0.39 is 0 Å². The average molecular weight is 312 g/mol. The van der Waals surface area contributed by atoms with Crippen LogP contribution in [0.1, 0.15) is 30.0 Å². The molecule has 4 nitrogen and oxygen atoms in total. The number of rotatable bonds is 5. The molecule has 2 rings (SSSR count). The number of aromatic hydroxyl groups is 1. The number of aryl methyl sites for hydroxylation is 3. The van der Waals surface area contributed by atoms with Crippen molar-refractivity contribution in [2.24, 2.45) is 0 Å². The number of urea groups is 1. The van der Waals surface area contributed by atoms with Gasteiger partial charge in [0.05, 0.1) is 0 Å². The number of carbonyl (C=O) groups excluding carboxylic acids is 1. The van der Waals surface area contributed by atoms with Crippen LogP contribution in [0.5, 0.6) is 5.75 Å². The van der Waals surface area contributed by atoms with E-state index in [0.29, 0.717) is 0 Å². The molecule has 1 atom stereocenters. The maximum atomic E-state index is 12.0. The first kappa shape index (κ1) is 16.9. The van der Waals surface area contributed by atoms with E-state index in [9.17, 15) is 9.90 Å². The third kappa shape index (κ3) is 5.66. The molecule has 0 saturated heterocycles. The van der Waals surface area contributed by atoms with Gasteiger partial charge in [-0.25, -0.2) is 4.79 Å². The molecule has 0 aliphatic heterocycles. The molecule has 4 heteroatoms. The Balaban J connectivity index is 1.81. The molecule has 2 aromatic rings. The summed E-state index contributed by atoms with van der Waals surface area (Å²) in [6, 6.07) is 13.0. The Morgan fingerprint density at radius 1 is 1.09 bits per heavy atom. The van der Waals surface area contributed by atoms with Gasteiger partial charge >= 0.3 is 6.03 Å². The molecule has 0 aromatic heterocycles. The second-order valence-electron chi connectivity index (χ2n) is 6.08. The number of benzene rings is 2. The zero-order valence-electron chi connectivity index (χ0n) is 13.9. The summed E-state index contributed by atoms with van der Waals surface area (Å²) in [5, 5.41) is 15.1. The second kappa shape index (κ2) is 7.68. The number of phenolic OH excluding ortho intramolecular Hbond substituents is 1. The van der Waals surface area contributed by atoms with Crippen molar-refractivity contribution >= 4 is 11.7 Å². The Morgan fingerprint density at radius 3 is 2.30 bits per heavy atom. The fourth-order valence-corrected chi connectivity index (χ4v) is 2.56. The van der Waals surface area contributed by atoms with E-state index in [1.165, 1.54) is 0 Å². The van der Waals surface area contributed by atoms with Gasteiger partial charge in [0.2, 0.25) is 0 Å². The van der Waals surface area contributed by atoms with Gasteiger partial charge in [-0.2, -0.15) is 0 Å². The number of amides is 2. The lowest BCUT2D eigenvalue weighted by atomic mass is 10.1. The highest BCUT2D eigenvalue weighted by atomic mass is 16.3. The van der Waals surface area contributed by atoms with Crippen molar-refractivity contribution in [3.8, 4) is 5.75 Å². The highest BCUT2D eigenvalue weighted by molar-refractivity contribution is 5.89. The molecule has 0 aliphatic carbocycles. The zero-order valence-corrected chi connectivity index (χ0v) is 13.9. The third-order valence-corrected chi connectivity index (χ3v) is 3.66. The van der Waals surface area contributed by atoms with Crippen LogP contribution in [0.3, 0.4) is 0 Å². The molecule has 122 valence electrons. The summed E-state index contributed by atoms with van der Waals surface area (Å²) in [7, 11) is 0. The number of anilines is 1. The minimum Gasteiger partial charge on any atom is -0.508 e. The molecule has 0 aliphatic rings. The van der Waals surface area contributed by atoms with Crippen LogP contribution in [0.2, 0.25) is 0 Å². The standard InChI is InChI=1S/C19H24N2O2/c1-13-10-14(2)12-17(11-13)21-19(23)20-15(3)4-5-16-6-8-18(22)9-7-16/h6-12,15,22H,4-5H2,1-3H3,(H2,20,21,23). The minimum atomic E-state index is -0.187. The first-order chi connectivity index (χ1) is 10.9. The van der Waals surface area contributed by atoms with E-state index in [1.54, 1.807) is 12.1 Å². The van der Waals surface area contributed by atoms with E-state index >= 15 is 0 Å². The summed E-state index contributed by atoms with van der Waals surface area (Å²) in [6.45, 7) is 6.01. The average Bonchev–Trinajstić information content (AvgIpc) is 2.45. The highest BCUT2D eigenvalue weighted by Gasteiger charge is 2.08. The maximum Gasteiger partial charge on any atom is 0.319 e. The minimum absolute atomic E-state index is 0.0645. The predicted octanol–water partition coefficient (Wildman–Crippen LogP) is 4.15. The van der Waals surface area contributed by atoms with Gasteiger partial charge in [0, 0.05) is 11.7 Å². The maximum absolute atomic E-state index is 12.0. The van der Waals surface area contributed by atoms with Crippen molar-refractivity contribution in [2.75, 3.05) is 5.32 Å². The molecule has 2 amide bonds. The van der Waals surface area contributed by atoms with E-state index in [0.717, 1.165) is 35.2 Å². The Kier molecular flexibility index (Phi) is 5.63. The van der Waals surface area contributed by atoms with E-state index in [1.807, 2.05) is 45.0 Å². The second-order valence-corrected chi connectivity index (χ2v) is 6.08. The Hall–Kier alpha value is -2.49. The zero-order chi connectivity index (χ0) is 16.8. The molecule has 0 bridgehead atoms. The van der Waals surface area contributed by atoms with Gasteiger partial charge in [0.15, 0.2) is 0 Å². The summed E-state index contributed by atoms with van der Waals surface area (Å²) < 4.78 is 0. The lowest BCUT2D eigenvalue weighted by Gasteiger charge is -2.15. The van der Waals surface area contributed by atoms with Gasteiger partial charge < -0.3 is 15.7 Å². The predicted molar refractivity (Wildman–Crippen MR) is 94.0 cm³/mol. The van der Waals surface area contributed by atoms with Gasteiger partial charge in [-0.3, -0.25) is 0 Å². The molecule has 1 unspecified atom stereocenters. The topological polar surface area (TPSA) is 61.4 Å². The van der Waals surface area contributed by atoms with Gasteiger partial charge in [-0.15, -0.1) is 0 Å². The first-order valence-electron chi connectivity index (χ1n) is 7.86. The van der Waals surface area contributed by atoms with Crippen LogP contribution in [-0.4, -0.2) is 17.2 Å². The molecule has 0 saturated carbocycles. The van der Waals surface area contributed by atoms with Crippen molar-refractivity contribution in [3.05, 3.63) is 59.2 Å². The van der Waals surface area contributed by atoms with Crippen LogP contribution in [0.4, 0.5) is 10.5 Å². The smallest absolute Gasteiger partial charge is 0.319 e. The van der Waals surface area contributed by atoms with E-state index in [4.69, 9.17) is 0 Å². The third-order valence-electron chi connectivity index (χ3n) is 3.66. The Bertz CT molecular complexity index is 645. The number of hydrogen-bond acceptors (Lipinski definition) is 2. The van der Waals surface area contributed by atoms with Crippen molar-refractivity contribution in [2.45, 2.75) is 39.7 Å². The summed E-state index contributed by atoms with van der Waals surface area (Å²) in [6.07, 6.45) is 1.69. The Morgan fingerprint density at radius 2 is 1.70 bits per heavy atom. The summed E-state index contributed by atoms with van der Waals surface area (Å²) >= 11 is 0. The normalized spacial score (nSPS) is 11.8. The van der Waals surface area contributed by atoms with Crippen LogP contribution in [0.15, 0.2) is 42.5 Å². The molecule has 2 aromatic carbocycles. The first-order valence-corrected chi connectivity index (χ1v) is 7.86. The number of phenols is 1. The van der Waals surface area contributed by atoms with Gasteiger partial charge in [-0.05, 0) is 74.6 Å². The van der Waals surface area contributed by atoms with Crippen molar-refractivity contribution in [1.82, 2.24) is 5.32 Å². The van der Waals surface area contributed by atoms with Crippen LogP contribution in [0.25, 0.3) is 0 Å². The van der Waals surface area contributed by atoms with Crippen molar-refractivity contribution < 1.29 is 9.90 Å². The van der Waals surface area contributed by atoms with E-state index in [2.05, 4.69) is 16.7 Å². The lowest BCUT2D eigenvalue weighted by molar-refractivity contribution is 0.248. The molecule has 0 spiro atoms. The summed E-state index contributed by atoms with van der Waals surface area (Å²) in [5.41, 5.74) is 4.21. The van der Waals surface area contributed by atoms with Crippen molar-refractivity contribution in [1.29, 1.82) is 0 Å². The summed E-state index contributed by atoms with van der Waals surface area (Å²) in [4.78, 5) is 12.0. The molecule has 23 heavy (non-hydrogen) atoms. The van der Waals surface area contributed by atoms with Gasteiger partial charge in [-0.1, -0.05) is 18.2 Å². The largest absolute Gasteiger partial charge is 0.508 e. The van der Waals surface area contributed by atoms with Gasteiger partial charge in [0.25, 0.3) is 0 Å². The highest BCUT2D eigenvalue weighted by Crippen LogP contribution is 2.14. The van der Waals surface area contributed by atoms with Crippen molar-refractivity contribution in [3.63, 3.8) is 0 Å². The van der Waals surface area contributed by atoms with Crippen LogP contribution < -0.4 is 10.6 Å². The number of carbonyl (C=O) groups is 1. The van der Waals surface area contributed by atoms with E-state index in [-0.39, 0.29) is 17.8 Å². The van der Waals surface area contributed by atoms with Crippen LogP contribution in [0, 0.1) is 13.8 Å². The Labute approximate surface area is 137 Å². The molecule has 0 fully saturated rings. The SMILES string of the molecule is Cc1cc(C)cc(NC(=O)NC(C)CCc2ccc(O)cc2)c1. The quantitative estimate of drug-likeness (QED) is 0.776. The van der Waals surface area contributed by atoms with Crippen LogP contribution >= 0.6 is 0 Å².